The maximum absolute atomic E-state index is 4.10. The fourth-order valence-electron chi connectivity index (χ4n) is 5.03. The van der Waals surface area contributed by atoms with Gasteiger partial charge in [0.15, 0.2) is 0 Å². The van der Waals surface area contributed by atoms with Crippen LogP contribution in [0.3, 0.4) is 0 Å². The summed E-state index contributed by atoms with van der Waals surface area (Å²) in [4.78, 5) is 0. The summed E-state index contributed by atoms with van der Waals surface area (Å²) in [5.41, 5.74) is 0.0165. The summed E-state index contributed by atoms with van der Waals surface area (Å²) >= 11 is 0. The van der Waals surface area contributed by atoms with Gasteiger partial charge in [-0.25, -0.2) is 0 Å². The predicted molar refractivity (Wildman–Crippen MR) is 126 cm³/mol. The van der Waals surface area contributed by atoms with Crippen LogP contribution in [0.2, 0.25) is 0 Å². The highest BCUT2D eigenvalue weighted by Crippen LogP contribution is 2.37. The maximum atomic E-state index is 4.10. The third-order valence-corrected chi connectivity index (χ3v) is 6.26. The van der Waals surface area contributed by atoms with E-state index < -0.39 is 0 Å². The molecule has 1 rings (SSSR count). The molecule has 1 aliphatic rings. The monoisotopic (exact) mass is 395 g/mol. The Bertz CT molecular complexity index is 374. The molecule has 3 nitrogen and oxygen atoms in total. The van der Waals surface area contributed by atoms with E-state index in [4.69, 9.17) is 0 Å². The van der Waals surface area contributed by atoms with E-state index in [0.717, 1.165) is 12.5 Å². The van der Waals surface area contributed by atoms with Crippen LogP contribution in [0.15, 0.2) is 0 Å². The zero-order valence-electron chi connectivity index (χ0n) is 20.4. The smallest absolute Gasteiger partial charge is 0.0875 e. The van der Waals surface area contributed by atoms with E-state index in [-0.39, 0.29) is 5.66 Å². The van der Waals surface area contributed by atoms with Crippen molar-refractivity contribution in [2.24, 2.45) is 11.8 Å². The zero-order chi connectivity index (χ0) is 21.0. The van der Waals surface area contributed by atoms with Crippen LogP contribution in [0.5, 0.6) is 0 Å². The zero-order valence-corrected chi connectivity index (χ0v) is 20.4. The second-order valence-corrected chi connectivity index (χ2v) is 10.4. The minimum atomic E-state index is 0.0165. The fraction of sp³-hybridized carbons (Fsp3) is 1.00. The summed E-state index contributed by atoms with van der Waals surface area (Å²) in [7, 11) is 0. The van der Waals surface area contributed by atoms with Crippen LogP contribution in [0, 0.1) is 11.8 Å². The topological polar surface area (TPSA) is 36.1 Å². The summed E-state index contributed by atoms with van der Waals surface area (Å²) in [5, 5.41) is 12.2. The van der Waals surface area contributed by atoms with Crippen molar-refractivity contribution in [1.29, 1.82) is 0 Å². The molecule has 0 bridgehead atoms. The fourth-order valence-corrected chi connectivity index (χ4v) is 5.03. The summed E-state index contributed by atoms with van der Waals surface area (Å²) in [5.74, 6) is 1.40. The van der Waals surface area contributed by atoms with Gasteiger partial charge in [0.1, 0.15) is 0 Å². The summed E-state index contributed by atoms with van der Waals surface area (Å²) in [6.45, 7) is 17.3. The van der Waals surface area contributed by atoms with E-state index in [9.17, 15) is 0 Å². The number of unbranched alkanes of at least 4 members (excludes halogenated alkanes) is 5. The van der Waals surface area contributed by atoms with Gasteiger partial charge in [0.2, 0.25) is 0 Å². The number of hydrogen-bond donors (Lipinski definition) is 3. The van der Waals surface area contributed by atoms with Gasteiger partial charge in [0.25, 0.3) is 0 Å². The molecule has 0 aromatic carbocycles. The van der Waals surface area contributed by atoms with Gasteiger partial charge in [0, 0.05) is 18.1 Å². The van der Waals surface area contributed by atoms with Crippen LogP contribution in [-0.2, 0) is 0 Å². The number of nitrogens with one attached hydrogen (secondary N) is 3. The first-order chi connectivity index (χ1) is 13.3. The lowest BCUT2D eigenvalue weighted by Crippen LogP contribution is -2.73. The first-order valence-electron chi connectivity index (χ1n) is 12.6. The SMILES string of the molecule is CCCCCCCCC(NC(C)C)C(NCC(C)C)(NC(C)C)C1CCCC1. The largest absolute Gasteiger partial charge is 0.309 e. The second kappa shape index (κ2) is 14.0. The van der Waals surface area contributed by atoms with E-state index in [0.29, 0.717) is 24.0 Å². The number of hydrogen-bond acceptors (Lipinski definition) is 3. The molecule has 0 aliphatic heterocycles. The Hall–Kier alpha value is -0.120. The standard InChI is InChI=1S/C25H53N3/c1-8-9-10-11-12-13-18-24(27-21(4)5)25(28-22(6)7,26-19-20(2)3)23-16-14-15-17-23/h20-24,26-28H,8-19H2,1-7H3. The van der Waals surface area contributed by atoms with Gasteiger partial charge in [-0.3, -0.25) is 10.6 Å². The predicted octanol–water partition coefficient (Wildman–Crippen LogP) is 6.23. The molecule has 0 heterocycles. The van der Waals surface area contributed by atoms with E-state index in [1.807, 2.05) is 0 Å². The van der Waals surface area contributed by atoms with Crippen molar-refractivity contribution in [1.82, 2.24) is 16.0 Å². The molecule has 0 saturated heterocycles. The van der Waals surface area contributed by atoms with Gasteiger partial charge in [0.05, 0.1) is 5.66 Å². The Labute approximate surface area is 177 Å². The quantitative estimate of drug-likeness (QED) is 0.214. The lowest BCUT2D eigenvalue weighted by atomic mass is 9.80. The van der Waals surface area contributed by atoms with Gasteiger partial charge in [-0.1, -0.05) is 86.0 Å². The molecule has 2 unspecified atom stereocenters. The van der Waals surface area contributed by atoms with Crippen LogP contribution in [-0.4, -0.2) is 30.3 Å². The molecule has 0 spiro atoms. The normalized spacial score (nSPS) is 19.1. The lowest BCUT2D eigenvalue weighted by molar-refractivity contribution is 0.0797. The third kappa shape index (κ3) is 9.13. The van der Waals surface area contributed by atoms with E-state index >= 15 is 0 Å². The Morgan fingerprint density at radius 1 is 0.821 bits per heavy atom. The molecule has 2 atom stereocenters. The molecule has 0 amide bonds. The van der Waals surface area contributed by atoms with Crippen LogP contribution >= 0.6 is 0 Å². The van der Waals surface area contributed by atoms with Crippen molar-refractivity contribution < 1.29 is 0 Å². The van der Waals surface area contributed by atoms with Crippen molar-refractivity contribution in [2.75, 3.05) is 6.54 Å². The average molecular weight is 396 g/mol. The molecule has 28 heavy (non-hydrogen) atoms. The van der Waals surface area contributed by atoms with E-state index in [1.54, 1.807) is 0 Å². The minimum Gasteiger partial charge on any atom is -0.309 e. The molecule has 3 heteroatoms. The van der Waals surface area contributed by atoms with Crippen LogP contribution in [0.1, 0.15) is 119 Å². The Morgan fingerprint density at radius 2 is 1.43 bits per heavy atom. The molecular weight excluding hydrogens is 342 g/mol. The highest BCUT2D eigenvalue weighted by molar-refractivity contribution is 5.04. The van der Waals surface area contributed by atoms with Crippen molar-refractivity contribution in [3.63, 3.8) is 0 Å². The van der Waals surface area contributed by atoms with Crippen molar-refractivity contribution >= 4 is 0 Å². The summed E-state index contributed by atoms with van der Waals surface area (Å²) in [6.07, 6.45) is 15.0. The Balaban J connectivity index is 2.97. The van der Waals surface area contributed by atoms with E-state index in [1.165, 1.54) is 70.6 Å². The first kappa shape index (κ1) is 25.9. The molecule has 0 aromatic rings. The van der Waals surface area contributed by atoms with Gasteiger partial charge in [-0.2, -0.15) is 0 Å². The lowest BCUT2D eigenvalue weighted by Gasteiger charge is -2.49. The first-order valence-corrected chi connectivity index (χ1v) is 12.6. The third-order valence-electron chi connectivity index (χ3n) is 6.26. The summed E-state index contributed by atoms with van der Waals surface area (Å²) in [6, 6.07) is 1.49. The van der Waals surface area contributed by atoms with Crippen molar-refractivity contribution in [3.05, 3.63) is 0 Å². The Kier molecular flexibility index (Phi) is 12.9. The summed E-state index contributed by atoms with van der Waals surface area (Å²) < 4.78 is 0. The molecule has 1 fully saturated rings. The van der Waals surface area contributed by atoms with Crippen molar-refractivity contribution in [2.45, 2.75) is 143 Å². The van der Waals surface area contributed by atoms with Gasteiger partial charge >= 0.3 is 0 Å². The number of rotatable bonds is 16. The van der Waals surface area contributed by atoms with Crippen LogP contribution < -0.4 is 16.0 Å². The van der Waals surface area contributed by atoms with Gasteiger partial charge in [-0.15, -0.1) is 0 Å². The molecule has 168 valence electrons. The van der Waals surface area contributed by atoms with Gasteiger partial charge in [-0.05, 0) is 51.5 Å². The van der Waals surface area contributed by atoms with Crippen LogP contribution in [0.25, 0.3) is 0 Å². The van der Waals surface area contributed by atoms with E-state index in [2.05, 4.69) is 64.4 Å². The second-order valence-electron chi connectivity index (χ2n) is 10.4. The average Bonchev–Trinajstić information content (AvgIpc) is 3.15. The van der Waals surface area contributed by atoms with Crippen LogP contribution in [0.4, 0.5) is 0 Å². The Morgan fingerprint density at radius 3 is 1.96 bits per heavy atom. The molecule has 1 aliphatic carbocycles. The molecule has 3 N–H and O–H groups in total. The highest BCUT2D eigenvalue weighted by atomic mass is 15.3. The molecule has 0 aromatic heterocycles. The minimum absolute atomic E-state index is 0.0165. The maximum Gasteiger partial charge on any atom is 0.0875 e. The van der Waals surface area contributed by atoms with Crippen molar-refractivity contribution in [3.8, 4) is 0 Å². The molecular formula is C25H53N3. The molecule has 0 radical (unpaired) electrons. The molecule has 1 saturated carbocycles. The van der Waals surface area contributed by atoms with Gasteiger partial charge < -0.3 is 5.32 Å². The highest BCUT2D eigenvalue weighted by Gasteiger charge is 2.46.